The maximum absolute atomic E-state index is 13.2. The predicted molar refractivity (Wildman–Crippen MR) is 112 cm³/mol. The number of primary amides is 1. The molecule has 0 spiro atoms. The van der Waals surface area contributed by atoms with Gasteiger partial charge in [-0.3, -0.25) is 24.0 Å². The summed E-state index contributed by atoms with van der Waals surface area (Å²) in [6, 6.07) is -4.08. The van der Waals surface area contributed by atoms with Crippen molar-refractivity contribution in [3.8, 4) is 0 Å². The number of aliphatic carboxylic acids is 2. The largest absolute Gasteiger partial charge is 0.481 e. The van der Waals surface area contributed by atoms with Crippen LogP contribution >= 0.6 is 0 Å². The average Bonchev–Trinajstić information content (AvgIpc) is 3.43. The lowest BCUT2D eigenvalue weighted by Crippen LogP contribution is -2.56. The fourth-order valence-electron chi connectivity index (χ4n) is 4.21. The van der Waals surface area contributed by atoms with Gasteiger partial charge in [-0.25, -0.2) is 4.79 Å². The van der Waals surface area contributed by atoms with Crippen molar-refractivity contribution < 1.29 is 39.0 Å². The first kappa shape index (κ1) is 26.0. The Kier molecular flexibility index (Phi) is 9.14. The van der Waals surface area contributed by atoms with Crippen molar-refractivity contribution in [3.63, 3.8) is 0 Å². The Bertz CT molecular complexity index is 803. The number of amides is 4. The van der Waals surface area contributed by atoms with Crippen LogP contribution in [-0.4, -0.2) is 92.8 Å². The fourth-order valence-corrected chi connectivity index (χ4v) is 4.21. The van der Waals surface area contributed by atoms with E-state index in [1.807, 2.05) is 0 Å². The van der Waals surface area contributed by atoms with Crippen molar-refractivity contribution in [1.82, 2.24) is 15.1 Å². The van der Waals surface area contributed by atoms with Crippen molar-refractivity contribution in [2.45, 2.75) is 75.5 Å². The smallest absolute Gasteiger partial charge is 0.326 e. The number of hydrogen-bond donors (Lipinski definition) is 5. The highest BCUT2D eigenvalue weighted by atomic mass is 16.4. The van der Waals surface area contributed by atoms with Crippen LogP contribution in [0.5, 0.6) is 0 Å². The zero-order chi connectivity index (χ0) is 24.7. The molecule has 2 aliphatic rings. The molecule has 0 aromatic rings. The highest BCUT2D eigenvalue weighted by Crippen LogP contribution is 2.26. The molecule has 0 bridgehead atoms. The standard InChI is InChI=1S/C20H31N5O8/c21-11(5-8-16(27)28)18(30)25-10-2-4-14(25)19(31)24-9-1-3-13(24)17(29)23-12(20(32)33)6-7-15(22)26/h11-14H,1-10,21H2,(H2,22,26)(H,23,29)(H,27,28)(H,32,33). The van der Waals surface area contributed by atoms with E-state index in [1.165, 1.54) is 9.80 Å². The van der Waals surface area contributed by atoms with Crippen molar-refractivity contribution >= 4 is 35.6 Å². The lowest BCUT2D eigenvalue weighted by atomic mass is 10.1. The first-order valence-electron chi connectivity index (χ1n) is 10.9. The van der Waals surface area contributed by atoms with Crippen molar-refractivity contribution in [1.29, 1.82) is 0 Å². The second-order valence-electron chi connectivity index (χ2n) is 8.32. The van der Waals surface area contributed by atoms with E-state index in [4.69, 9.17) is 16.6 Å². The van der Waals surface area contributed by atoms with Gasteiger partial charge in [-0.2, -0.15) is 0 Å². The highest BCUT2D eigenvalue weighted by molar-refractivity contribution is 5.95. The van der Waals surface area contributed by atoms with Gasteiger partial charge >= 0.3 is 11.9 Å². The summed E-state index contributed by atoms with van der Waals surface area (Å²) >= 11 is 0. The third-order valence-corrected chi connectivity index (χ3v) is 5.94. The van der Waals surface area contributed by atoms with E-state index in [2.05, 4.69) is 5.32 Å². The Morgan fingerprint density at radius 2 is 1.52 bits per heavy atom. The van der Waals surface area contributed by atoms with Gasteiger partial charge in [0.2, 0.25) is 23.6 Å². The van der Waals surface area contributed by atoms with E-state index in [0.717, 1.165) is 0 Å². The molecule has 0 aromatic heterocycles. The quantitative estimate of drug-likeness (QED) is 0.226. The van der Waals surface area contributed by atoms with E-state index < -0.39 is 59.7 Å². The summed E-state index contributed by atoms with van der Waals surface area (Å²) in [7, 11) is 0. The van der Waals surface area contributed by atoms with Crippen molar-refractivity contribution in [2.75, 3.05) is 13.1 Å². The zero-order valence-electron chi connectivity index (χ0n) is 18.3. The molecule has 2 rings (SSSR count). The number of carboxylic acid groups (broad SMARTS) is 2. The molecule has 7 N–H and O–H groups in total. The Hall–Kier alpha value is -3.22. The topological polar surface area (TPSA) is 213 Å². The number of carbonyl (C=O) groups is 6. The summed E-state index contributed by atoms with van der Waals surface area (Å²) in [5.41, 5.74) is 10.9. The second-order valence-corrected chi connectivity index (χ2v) is 8.32. The van der Waals surface area contributed by atoms with E-state index in [-0.39, 0.29) is 32.2 Å². The average molecular weight is 469 g/mol. The van der Waals surface area contributed by atoms with Crippen LogP contribution in [-0.2, 0) is 28.8 Å². The number of nitrogens with one attached hydrogen (secondary N) is 1. The predicted octanol–water partition coefficient (Wildman–Crippen LogP) is -2.00. The molecule has 2 fully saturated rings. The molecular formula is C20H31N5O8. The van der Waals surface area contributed by atoms with Gasteiger partial charge in [0, 0.05) is 25.9 Å². The molecule has 0 aromatic carbocycles. The van der Waals surface area contributed by atoms with Gasteiger partial charge < -0.3 is 36.8 Å². The van der Waals surface area contributed by atoms with Gasteiger partial charge in [0.25, 0.3) is 0 Å². The molecule has 4 atom stereocenters. The molecule has 2 aliphatic heterocycles. The first-order chi connectivity index (χ1) is 15.5. The van der Waals surface area contributed by atoms with Crippen LogP contribution in [0.1, 0.15) is 51.4 Å². The Morgan fingerprint density at radius 3 is 2.09 bits per heavy atom. The Labute approximate surface area is 190 Å². The lowest BCUT2D eigenvalue weighted by Gasteiger charge is -2.32. The maximum atomic E-state index is 13.2. The first-order valence-corrected chi connectivity index (χ1v) is 10.9. The molecule has 33 heavy (non-hydrogen) atoms. The van der Waals surface area contributed by atoms with Crippen LogP contribution in [0.2, 0.25) is 0 Å². The van der Waals surface area contributed by atoms with E-state index in [0.29, 0.717) is 32.2 Å². The normalized spacial score (nSPS) is 22.0. The fraction of sp³-hybridized carbons (Fsp3) is 0.700. The monoisotopic (exact) mass is 469 g/mol. The number of carbonyl (C=O) groups excluding carboxylic acids is 4. The molecular weight excluding hydrogens is 438 g/mol. The van der Waals surface area contributed by atoms with Gasteiger partial charge in [-0.05, 0) is 38.5 Å². The Morgan fingerprint density at radius 1 is 0.909 bits per heavy atom. The zero-order valence-corrected chi connectivity index (χ0v) is 18.3. The molecule has 184 valence electrons. The van der Waals surface area contributed by atoms with Crippen LogP contribution in [0.25, 0.3) is 0 Å². The molecule has 0 saturated carbocycles. The molecule has 13 nitrogen and oxygen atoms in total. The maximum Gasteiger partial charge on any atom is 0.326 e. The van der Waals surface area contributed by atoms with Crippen molar-refractivity contribution in [2.24, 2.45) is 11.5 Å². The Balaban J connectivity index is 2.05. The number of nitrogens with zero attached hydrogens (tertiary/aromatic N) is 2. The summed E-state index contributed by atoms with van der Waals surface area (Å²) in [6.45, 7) is 0.578. The van der Waals surface area contributed by atoms with Crippen LogP contribution in [0.3, 0.4) is 0 Å². The SMILES string of the molecule is NC(=O)CCC(NC(=O)C1CCCN1C(=O)C1CCCN1C(=O)C(N)CCC(=O)O)C(=O)O. The summed E-state index contributed by atoms with van der Waals surface area (Å²) < 4.78 is 0. The van der Waals surface area contributed by atoms with Gasteiger partial charge in [-0.15, -0.1) is 0 Å². The van der Waals surface area contributed by atoms with Crippen LogP contribution in [0, 0.1) is 0 Å². The minimum atomic E-state index is -1.32. The summed E-state index contributed by atoms with van der Waals surface area (Å²) in [4.78, 5) is 74.5. The molecule has 13 heteroatoms. The summed E-state index contributed by atoms with van der Waals surface area (Å²) in [5, 5.41) is 20.5. The number of carboxylic acids is 2. The minimum absolute atomic E-state index is 0.0534. The third-order valence-electron chi connectivity index (χ3n) is 5.94. The minimum Gasteiger partial charge on any atom is -0.481 e. The number of hydrogen-bond acceptors (Lipinski definition) is 7. The molecule has 0 radical (unpaired) electrons. The van der Waals surface area contributed by atoms with Gasteiger partial charge in [-0.1, -0.05) is 0 Å². The third kappa shape index (κ3) is 6.88. The molecule has 4 unspecified atom stereocenters. The number of rotatable bonds is 11. The number of nitrogens with two attached hydrogens (primary N) is 2. The lowest BCUT2D eigenvalue weighted by molar-refractivity contribution is -0.148. The van der Waals surface area contributed by atoms with Crippen LogP contribution in [0.4, 0.5) is 0 Å². The molecule has 4 amide bonds. The summed E-state index contributed by atoms with van der Waals surface area (Å²) in [5.74, 6) is -4.66. The van der Waals surface area contributed by atoms with E-state index in [1.54, 1.807) is 0 Å². The molecule has 0 aliphatic carbocycles. The summed E-state index contributed by atoms with van der Waals surface area (Å²) in [6.07, 6.45) is 1.10. The second kappa shape index (κ2) is 11.6. The van der Waals surface area contributed by atoms with Gasteiger partial charge in [0.05, 0.1) is 6.04 Å². The van der Waals surface area contributed by atoms with Crippen LogP contribution < -0.4 is 16.8 Å². The number of likely N-dealkylation sites (tertiary alicyclic amines) is 2. The van der Waals surface area contributed by atoms with Crippen molar-refractivity contribution in [3.05, 3.63) is 0 Å². The molecule has 2 saturated heterocycles. The highest BCUT2D eigenvalue weighted by Gasteiger charge is 2.43. The molecule has 2 heterocycles. The van der Waals surface area contributed by atoms with Crippen LogP contribution in [0.15, 0.2) is 0 Å². The van der Waals surface area contributed by atoms with E-state index in [9.17, 15) is 33.9 Å². The van der Waals surface area contributed by atoms with E-state index >= 15 is 0 Å². The van der Waals surface area contributed by atoms with Gasteiger partial charge in [0.1, 0.15) is 18.1 Å². The van der Waals surface area contributed by atoms with Gasteiger partial charge in [0.15, 0.2) is 0 Å².